The molecule has 2 aromatic heterocycles. The van der Waals surface area contributed by atoms with Crippen LogP contribution in [0.25, 0.3) is 0 Å². The van der Waals surface area contributed by atoms with E-state index >= 15 is 0 Å². The van der Waals surface area contributed by atoms with Crippen LogP contribution in [0, 0.1) is 13.8 Å². The first-order valence-corrected chi connectivity index (χ1v) is 8.84. The minimum absolute atomic E-state index is 0.149. The van der Waals surface area contributed by atoms with Crippen LogP contribution in [0.1, 0.15) is 46.0 Å². The molecule has 0 aliphatic heterocycles. The second-order valence-electron chi connectivity index (χ2n) is 6.24. The fourth-order valence-corrected chi connectivity index (χ4v) is 3.14. The van der Waals surface area contributed by atoms with E-state index in [1.54, 1.807) is 6.20 Å². The highest BCUT2D eigenvalue weighted by atomic mass is 35.5. The summed E-state index contributed by atoms with van der Waals surface area (Å²) in [5.74, 6) is -0.149. The Bertz CT molecular complexity index is 921. The number of amides is 1. The molecule has 0 aliphatic carbocycles. The molecule has 1 atom stereocenters. The van der Waals surface area contributed by atoms with Crippen LogP contribution in [0.4, 0.5) is 0 Å². The van der Waals surface area contributed by atoms with Crippen molar-refractivity contribution in [3.63, 3.8) is 0 Å². The van der Waals surface area contributed by atoms with E-state index in [9.17, 15) is 4.79 Å². The standard InChI is InChI=1S/C20H21ClN4O/c1-13(18-10-6-7-11-22-18)23-20(26)19-14(2)24-25(15(19)3)12-16-8-4-5-9-17(16)21/h4-11,13H,12H2,1-3H3,(H,23,26). The number of aryl methyl sites for hydroxylation is 1. The number of rotatable bonds is 5. The van der Waals surface area contributed by atoms with Gasteiger partial charge in [-0.05, 0) is 44.5 Å². The van der Waals surface area contributed by atoms with E-state index in [0.717, 1.165) is 17.0 Å². The Morgan fingerprint density at radius 2 is 1.92 bits per heavy atom. The van der Waals surface area contributed by atoms with Gasteiger partial charge in [0.1, 0.15) is 0 Å². The number of aromatic nitrogens is 3. The summed E-state index contributed by atoms with van der Waals surface area (Å²) < 4.78 is 1.82. The Hall–Kier alpha value is -2.66. The quantitative estimate of drug-likeness (QED) is 0.737. The molecule has 5 nitrogen and oxygen atoms in total. The molecule has 0 spiro atoms. The maximum absolute atomic E-state index is 12.8. The lowest BCUT2D eigenvalue weighted by atomic mass is 10.1. The summed E-state index contributed by atoms with van der Waals surface area (Å²) in [6.07, 6.45) is 1.72. The third kappa shape index (κ3) is 3.78. The number of nitrogens with one attached hydrogen (secondary N) is 1. The van der Waals surface area contributed by atoms with Gasteiger partial charge in [0.15, 0.2) is 0 Å². The minimum atomic E-state index is -0.186. The molecule has 0 fully saturated rings. The van der Waals surface area contributed by atoms with E-state index in [4.69, 9.17) is 11.6 Å². The molecule has 1 N–H and O–H groups in total. The van der Waals surface area contributed by atoms with Crippen LogP contribution in [0.2, 0.25) is 5.02 Å². The zero-order valence-electron chi connectivity index (χ0n) is 15.0. The maximum Gasteiger partial charge on any atom is 0.255 e. The van der Waals surface area contributed by atoms with Crippen LogP contribution in [-0.2, 0) is 6.54 Å². The number of hydrogen-bond acceptors (Lipinski definition) is 3. The lowest BCUT2D eigenvalue weighted by Gasteiger charge is -2.13. The monoisotopic (exact) mass is 368 g/mol. The fraction of sp³-hybridized carbons (Fsp3) is 0.250. The van der Waals surface area contributed by atoms with E-state index in [-0.39, 0.29) is 11.9 Å². The zero-order chi connectivity index (χ0) is 18.7. The molecule has 0 radical (unpaired) electrons. The van der Waals surface area contributed by atoms with E-state index in [0.29, 0.717) is 22.8 Å². The van der Waals surface area contributed by atoms with Gasteiger partial charge in [-0.1, -0.05) is 35.9 Å². The second kappa shape index (κ2) is 7.70. The molecule has 134 valence electrons. The molecule has 0 saturated carbocycles. The summed E-state index contributed by atoms with van der Waals surface area (Å²) in [6.45, 7) is 6.18. The molecule has 1 unspecified atom stereocenters. The largest absolute Gasteiger partial charge is 0.344 e. The molecule has 2 heterocycles. The summed E-state index contributed by atoms with van der Waals surface area (Å²) in [6, 6.07) is 13.1. The third-order valence-corrected chi connectivity index (χ3v) is 4.73. The lowest BCUT2D eigenvalue weighted by molar-refractivity contribution is 0.0938. The predicted octanol–water partition coefficient (Wildman–Crippen LogP) is 4.09. The van der Waals surface area contributed by atoms with E-state index in [1.807, 2.05) is 67.9 Å². The number of pyridine rings is 1. The summed E-state index contributed by atoms with van der Waals surface area (Å²) in [4.78, 5) is 17.1. The molecular formula is C20H21ClN4O. The van der Waals surface area contributed by atoms with Crippen molar-refractivity contribution in [1.29, 1.82) is 0 Å². The van der Waals surface area contributed by atoms with Gasteiger partial charge in [-0.2, -0.15) is 5.10 Å². The van der Waals surface area contributed by atoms with Crippen molar-refractivity contribution in [3.8, 4) is 0 Å². The summed E-state index contributed by atoms with van der Waals surface area (Å²) in [5.41, 5.74) is 3.89. The normalized spacial score (nSPS) is 12.0. The second-order valence-corrected chi connectivity index (χ2v) is 6.65. The van der Waals surface area contributed by atoms with Crippen LogP contribution in [0.15, 0.2) is 48.7 Å². The van der Waals surface area contributed by atoms with E-state index in [1.165, 1.54) is 0 Å². The molecule has 26 heavy (non-hydrogen) atoms. The first-order valence-electron chi connectivity index (χ1n) is 8.46. The summed E-state index contributed by atoms with van der Waals surface area (Å²) >= 11 is 6.24. The summed E-state index contributed by atoms with van der Waals surface area (Å²) in [7, 11) is 0. The Kier molecular flexibility index (Phi) is 5.38. The van der Waals surface area contributed by atoms with Crippen LogP contribution in [0.5, 0.6) is 0 Å². The average molecular weight is 369 g/mol. The van der Waals surface area contributed by atoms with Crippen LogP contribution >= 0.6 is 11.6 Å². The van der Waals surface area contributed by atoms with Gasteiger partial charge in [-0.15, -0.1) is 0 Å². The molecule has 1 amide bonds. The van der Waals surface area contributed by atoms with Gasteiger partial charge in [0.05, 0.1) is 29.5 Å². The topological polar surface area (TPSA) is 59.8 Å². The lowest BCUT2D eigenvalue weighted by Crippen LogP contribution is -2.28. The number of halogens is 1. The van der Waals surface area contributed by atoms with Crippen molar-refractivity contribution in [2.75, 3.05) is 0 Å². The fourth-order valence-electron chi connectivity index (χ4n) is 2.94. The Labute approximate surface area is 158 Å². The van der Waals surface area contributed by atoms with Crippen LogP contribution in [0.3, 0.4) is 0 Å². The Morgan fingerprint density at radius 1 is 1.19 bits per heavy atom. The van der Waals surface area contributed by atoms with Gasteiger partial charge in [-0.3, -0.25) is 14.5 Å². The highest BCUT2D eigenvalue weighted by Crippen LogP contribution is 2.20. The number of benzene rings is 1. The minimum Gasteiger partial charge on any atom is -0.344 e. The molecular weight excluding hydrogens is 348 g/mol. The van der Waals surface area contributed by atoms with Crippen LogP contribution < -0.4 is 5.32 Å². The van der Waals surface area contributed by atoms with Crippen molar-refractivity contribution in [3.05, 3.63) is 81.9 Å². The Balaban J connectivity index is 1.81. The number of nitrogens with zero attached hydrogens (tertiary/aromatic N) is 3. The van der Waals surface area contributed by atoms with Gasteiger partial charge < -0.3 is 5.32 Å². The molecule has 1 aromatic carbocycles. The van der Waals surface area contributed by atoms with Gasteiger partial charge in [0.25, 0.3) is 5.91 Å². The maximum atomic E-state index is 12.8. The van der Waals surface area contributed by atoms with Crippen molar-refractivity contribution < 1.29 is 4.79 Å². The molecule has 3 rings (SSSR count). The van der Waals surface area contributed by atoms with Crippen LogP contribution in [-0.4, -0.2) is 20.7 Å². The van der Waals surface area contributed by atoms with Gasteiger partial charge in [0, 0.05) is 16.9 Å². The Morgan fingerprint density at radius 3 is 2.62 bits per heavy atom. The average Bonchev–Trinajstić information content (AvgIpc) is 2.91. The highest BCUT2D eigenvalue weighted by Gasteiger charge is 2.21. The molecule has 3 aromatic rings. The van der Waals surface area contributed by atoms with Crippen molar-refractivity contribution in [2.24, 2.45) is 0 Å². The van der Waals surface area contributed by atoms with Gasteiger partial charge in [0.2, 0.25) is 0 Å². The predicted molar refractivity (Wildman–Crippen MR) is 102 cm³/mol. The summed E-state index contributed by atoms with van der Waals surface area (Å²) in [5, 5.41) is 8.22. The van der Waals surface area contributed by atoms with E-state index in [2.05, 4.69) is 15.4 Å². The molecule has 0 aliphatic rings. The number of hydrogen-bond donors (Lipinski definition) is 1. The molecule has 0 saturated heterocycles. The van der Waals surface area contributed by atoms with Crippen molar-refractivity contribution in [2.45, 2.75) is 33.4 Å². The molecule has 6 heteroatoms. The smallest absolute Gasteiger partial charge is 0.255 e. The third-order valence-electron chi connectivity index (χ3n) is 4.37. The SMILES string of the molecule is Cc1nn(Cc2ccccc2Cl)c(C)c1C(=O)NC(C)c1ccccn1. The van der Waals surface area contributed by atoms with Gasteiger partial charge >= 0.3 is 0 Å². The number of carbonyl (C=O) groups is 1. The van der Waals surface area contributed by atoms with Crippen molar-refractivity contribution in [1.82, 2.24) is 20.1 Å². The first-order chi connectivity index (χ1) is 12.5. The molecule has 0 bridgehead atoms. The first kappa shape index (κ1) is 18.1. The van der Waals surface area contributed by atoms with E-state index < -0.39 is 0 Å². The zero-order valence-corrected chi connectivity index (χ0v) is 15.8. The van der Waals surface area contributed by atoms with Gasteiger partial charge in [-0.25, -0.2) is 0 Å². The highest BCUT2D eigenvalue weighted by molar-refractivity contribution is 6.31. The van der Waals surface area contributed by atoms with Crippen molar-refractivity contribution >= 4 is 17.5 Å². The number of carbonyl (C=O) groups excluding carboxylic acids is 1.